The van der Waals surface area contributed by atoms with Crippen LogP contribution >= 0.6 is 0 Å². The minimum Gasteiger partial charge on any atom is -0.459 e. The first kappa shape index (κ1) is 18.2. The van der Waals surface area contributed by atoms with Crippen molar-refractivity contribution in [3.63, 3.8) is 0 Å². The molecule has 0 saturated heterocycles. The molecule has 0 bridgehead atoms. The van der Waals surface area contributed by atoms with Gasteiger partial charge in [-0.05, 0) is 59.2 Å². The first-order valence-electron chi connectivity index (χ1n) is 7.21. The predicted octanol–water partition coefficient (Wildman–Crippen LogP) is 2.98. The van der Waals surface area contributed by atoms with Gasteiger partial charge in [-0.1, -0.05) is 12.1 Å². The fraction of sp³-hybridized carbons (Fsp3) is 0.529. The number of hydrogen-bond acceptors (Lipinski definition) is 5. The highest BCUT2D eigenvalue weighted by Crippen LogP contribution is 2.18. The average Bonchev–Trinajstić information content (AvgIpc) is 2.34. The van der Waals surface area contributed by atoms with Gasteiger partial charge in [0.25, 0.3) is 0 Å². The Kier molecular flexibility index (Phi) is 5.35. The zero-order valence-electron chi connectivity index (χ0n) is 14.1. The molecule has 1 aromatic carbocycles. The summed E-state index contributed by atoms with van der Waals surface area (Å²) in [6.07, 6.45) is 0. The van der Waals surface area contributed by atoms with Crippen molar-refractivity contribution in [1.29, 1.82) is 0 Å². The molecule has 0 radical (unpaired) electrons. The molecule has 0 heterocycles. The standard InChI is InChI=1S/C17H25NO4/c1-16(2,3)21-14(19)12-9-7-11(8-10-12)13(18)15(20)22-17(4,5)6/h7-10,13H,18H2,1-6H3. The summed E-state index contributed by atoms with van der Waals surface area (Å²) in [6, 6.07) is 5.56. The highest BCUT2D eigenvalue weighted by atomic mass is 16.6. The van der Waals surface area contributed by atoms with Gasteiger partial charge in [-0.15, -0.1) is 0 Å². The number of benzene rings is 1. The van der Waals surface area contributed by atoms with Gasteiger partial charge in [0.05, 0.1) is 5.56 Å². The average molecular weight is 307 g/mol. The lowest BCUT2D eigenvalue weighted by molar-refractivity contribution is -0.156. The predicted molar refractivity (Wildman–Crippen MR) is 84.4 cm³/mol. The fourth-order valence-electron chi connectivity index (χ4n) is 1.66. The molecule has 122 valence electrons. The number of nitrogens with two attached hydrogens (primary N) is 1. The van der Waals surface area contributed by atoms with Crippen LogP contribution in [0.1, 0.15) is 63.5 Å². The van der Waals surface area contributed by atoms with Crippen LogP contribution < -0.4 is 5.73 Å². The fourth-order valence-corrected chi connectivity index (χ4v) is 1.66. The summed E-state index contributed by atoms with van der Waals surface area (Å²) in [5, 5.41) is 0. The SMILES string of the molecule is CC(C)(C)OC(=O)c1ccc(C(N)C(=O)OC(C)(C)C)cc1. The number of carbonyl (C=O) groups is 2. The number of ether oxygens (including phenoxy) is 2. The van der Waals surface area contributed by atoms with Gasteiger partial charge in [-0.3, -0.25) is 0 Å². The minimum absolute atomic E-state index is 0.412. The molecule has 1 atom stereocenters. The van der Waals surface area contributed by atoms with Gasteiger partial charge in [0.15, 0.2) is 0 Å². The van der Waals surface area contributed by atoms with Gasteiger partial charge in [-0.2, -0.15) is 0 Å². The molecule has 1 rings (SSSR count). The van der Waals surface area contributed by atoms with Crippen LogP contribution in [0, 0.1) is 0 Å². The van der Waals surface area contributed by atoms with E-state index in [4.69, 9.17) is 15.2 Å². The molecule has 0 aliphatic rings. The highest BCUT2D eigenvalue weighted by molar-refractivity contribution is 5.90. The molecular weight excluding hydrogens is 282 g/mol. The molecule has 0 aliphatic carbocycles. The van der Waals surface area contributed by atoms with Crippen molar-refractivity contribution < 1.29 is 19.1 Å². The highest BCUT2D eigenvalue weighted by Gasteiger charge is 2.24. The van der Waals surface area contributed by atoms with Crippen LogP contribution in [0.25, 0.3) is 0 Å². The minimum atomic E-state index is -0.882. The number of esters is 2. The second-order valence-electron chi connectivity index (χ2n) is 7.14. The maximum atomic E-state index is 11.9. The van der Waals surface area contributed by atoms with E-state index in [1.807, 2.05) is 0 Å². The zero-order chi connectivity index (χ0) is 17.1. The van der Waals surface area contributed by atoms with E-state index < -0.39 is 29.2 Å². The Balaban J connectivity index is 2.80. The third-order valence-corrected chi connectivity index (χ3v) is 2.57. The second kappa shape index (κ2) is 6.48. The molecule has 1 aromatic rings. The Labute approximate surface area is 131 Å². The summed E-state index contributed by atoms with van der Waals surface area (Å²) in [5.41, 5.74) is 5.73. The molecule has 5 nitrogen and oxygen atoms in total. The van der Waals surface area contributed by atoms with Crippen LogP contribution in [0.3, 0.4) is 0 Å². The van der Waals surface area contributed by atoms with E-state index >= 15 is 0 Å². The van der Waals surface area contributed by atoms with Gasteiger partial charge >= 0.3 is 11.9 Å². The largest absolute Gasteiger partial charge is 0.459 e. The Hall–Kier alpha value is -1.88. The molecule has 5 heteroatoms. The van der Waals surface area contributed by atoms with E-state index in [-0.39, 0.29) is 0 Å². The molecule has 0 spiro atoms. The summed E-state index contributed by atoms with van der Waals surface area (Å²) in [7, 11) is 0. The van der Waals surface area contributed by atoms with Crippen LogP contribution in [0.5, 0.6) is 0 Å². The second-order valence-corrected chi connectivity index (χ2v) is 7.14. The van der Waals surface area contributed by atoms with Crippen molar-refractivity contribution in [2.75, 3.05) is 0 Å². The van der Waals surface area contributed by atoms with Crippen molar-refractivity contribution in [2.45, 2.75) is 58.8 Å². The van der Waals surface area contributed by atoms with E-state index in [1.165, 1.54) is 0 Å². The Morgan fingerprint density at radius 3 is 1.77 bits per heavy atom. The summed E-state index contributed by atoms with van der Waals surface area (Å²) in [5.74, 6) is -0.914. The van der Waals surface area contributed by atoms with Crippen molar-refractivity contribution >= 4 is 11.9 Å². The molecule has 2 N–H and O–H groups in total. The lowest BCUT2D eigenvalue weighted by Crippen LogP contribution is -2.31. The summed E-state index contributed by atoms with van der Waals surface area (Å²) in [6.45, 7) is 10.8. The Bertz CT molecular complexity index is 535. The zero-order valence-corrected chi connectivity index (χ0v) is 14.1. The first-order valence-corrected chi connectivity index (χ1v) is 7.21. The van der Waals surface area contributed by atoms with Gasteiger partial charge in [0.2, 0.25) is 0 Å². The van der Waals surface area contributed by atoms with E-state index in [0.717, 1.165) is 0 Å². The summed E-state index contributed by atoms with van der Waals surface area (Å²) >= 11 is 0. The molecule has 0 amide bonds. The monoisotopic (exact) mass is 307 g/mol. The Morgan fingerprint density at radius 2 is 1.36 bits per heavy atom. The van der Waals surface area contributed by atoms with E-state index in [2.05, 4.69) is 0 Å². The molecule has 22 heavy (non-hydrogen) atoms. The molecule has 0 saturated carbocycles. The Morgan fingerprint density at radius 1 is 0.909 bits per heavy atom. The van der Waals surface area contributed by atoms with Gasteiger partial charge < -0.3 is 15.2 Å². The van der Waals surface area contributed by atoms with Gasteiger partial charge in [0, 0.05) is 0 Å². The number of carbonyl (C=O) groups excluding carboxylic acids is 2. The number of rotatable bonds is 3. The molecule has 0 aliphatic heterocycles. The van der Waals surface area contributed by atoms with E-state index in [1.54, 1.807) is 65.8 Å². The molecule has 1 unspecified atom stereocenters. The third kappa shape index (κ3) is 5.85. The summed E-state index contributed by atoms with van der Waals surface area (Å²) < 4.78 is 10.5. The van der Waals surface area contributed by atoms with Crippen molar-refractivity contribution in [3.8, 4) is 0 Å². The topological polar surface area (TPSA) is 78.6 Å². The first-order chi connectivity index (χ1) is 9.89. The smallest absolute Gasteiger partial charge is 0.338 e. The maximum absolute atomic E-state index is 11.9. The van der Waals surface area contributed by atoms with E-state index in [9.17, 15) is 9.59 Å². The van der Waals surface area contributed by atoms with Gasteiger partial charge in [0.1, 0.15) is 17.2 Å². The normalized spacial score (nSPS) is 13.4. The lowest BCUT2D eigenvalue weighted by Gasteiger charge is -2.22. The van der Waals surface area contributed by atoms with Crippen LogP contribution in [0.4, 0.5) is 0 Å². The van der Waals surface area contributed by atoms with Gasteiger partial charge in [-0.25, -0.2) is 9.59 Å². The van der Waals surface area contributed by atoms with Crippen molar-refractivity contribution in [3.05, 3.63) is 35.4 Å². The van der Waals surface area contributed by atoms with Crippen LogP contribution in [-0.4, -0.2) is 23.1 Å². The third-order valence-electron chi connectivity index (χ3n) is 2.57. The molecule has 0 aromatic heterocycles. The van der Waals surface area contributed by atoms with Crippen LogP contribution in [0.15, 0.2) is 24.3 Å². The maximum Gasteiger partial charge on any atom is 0.338 e. The molecular formula is C17H25NO4. The van der Waals surface area contributed by atoms with Crippen molar-refractivity contribution in [2.24, 2.45) is 5.73 Å². The molecule has 0 fully saturated rings. The van der Waals surface area contributed by atoms with E-state index in [0.29, 0.717) is 11.1 Å². The quantitative estimate of drug-likeness (QED) is 0.868. The van der Waals surface area contributed by atoms with Crippen molar-refractivity contribution in [1.82, 2.24) is 0 Å². The summed E-state index contributed by atoms with van der Waals surface area (Å²) in [4.78, 5) is 23.8. The van der Waals surface area contributed by atoms with Crippen LogP contribution in [0.2, 0.25) is 0 Å². The van der Waals surface area contributed by atoms with Crippen LogP contribution in [-0.2, 0) is 14.3 Å². The lowest BCUT2D eigenvalue weighted by atomic mass is 10.0. The number of hydrogen-bond donors (Lipinski definition) is 1.